The van der Waals surface area contributed by atoms with Gasteiger partial charge in [0.15, 0.2) is 0 Å². The number of alkyl halides is 1. The number of nitrogens with zero attached hydrogens (tertiary/aromatic N) is 2. The first-order valence-electron chi connectivity index (χ1n) is 7.62. The SMILES string of the molecule is CC(C)(C)OC(=O)N(c1ccc2ccc(C#N)cc2c1)C(Br)C=CCl. The van der Waals surface area contributed by atoms with Crippen LogP contribution in [0.25, 0.3) is 10.8 Å². The van der Waals surface area contributed by atoms with Crippen molar-refractivity contribution in [1.82, 2.24) is 0 Å². The van der Waals surface area contributed by atoms with Crippen LogP contribution in [0.15, 0.2) is 48.0 Å². The Morgan fingerprint density at radius 1 is 1.28 bits per heavy atom. The summed E-state index contributed by atoms with van der Waals surface area (Å²) in [6, 6.07) is 13.1. The minimum atomic E-state index is -0.627. The zero-order valence-corrected chi connectivity index (χ0v) is 16.5. The van der Waals surface area contributed by atoms with Crippen molar-refractivity contribution in [3.05, 3.63) is 53.6 Å². The third-order valence-electron chi connectivity index (χ3n) is 3.30. The van der Waals surface area contributed by atoms with Gasteiger partial charge in [0.2, 0.25) is 0 Å². The molecule has 2 aromatic carbocycles. The van der Waals surface area contributed by atoms with E-state index >= 15 is 0 Å². The predicted octanol–water partition coefficient (Wildman–Crippen LogP) is 5.93. The van der Waals surface area contributed by atoms with Gasteiger partial charge in [-0.2, -0.15) is 5.26 Å². The van der Waals surface area contributed by atoms with E-state index in [2.05, 4.69) is 22.0 Å². The van der Waals surface area contributed by atoms with E-state index < -0.39 is 16.6 Å². The number of fused-ring (bicyclic) bond motifs is 1. The molecule has 0 saturated carbocycles. The van der Waals surface area contributed by atoms with Gasteiger partial charge in [-0.15, -0.1) is 0 Å². The molecule has 0 aliphatic heterocycles. The average molecular weight is 422 g/mol. The smallest absolute Gasteiger partial charge is 0.416 e. The van der Waals surface area contributed by atoms with E-state index in [-0.39, 0.29) is 0 Å². The molecule has 0 bridgehead atoms. The summed E-state index contributed by atoms with van der Waals surface area (Å²) in [4.78, 5) is 13.7. The van der Waals surface area contributed by atoms with Gasteiger partial charge in [0.1, 0.15) is 10.6 Å². The van der Waals surface area contributed by atoms with Crippen LogP contribution in [0, 0.1) is 11.3 Å². The molecule has 1 amide bonds. The van der Waals surface area contributed by atoms with E-state index in [1.54, 1.807) is 18.2 Å². The summed E-state index contributed by atoms with van der Waals surface area (Å²) in [5, 5.41) is 10.9. The normalized spacial score (nSPS) is 12.8. The minimum Gasteiger partial charge on any atom is -0.443 e. The Morgan fingerprint density at radius 3 is 2.56 bits per heavy atom. The number of hydrogen-bond donors (Lipinski definition) is 0. The highest BCUT2D eigenvalue weighted by Crippen LogP contribution is 2.28. The number of benzene rings is 2. The lowest BCUT2D eigenvalue weighted by molar-refractivity contribution is 0.0581. The zero-order valence-electron chi connectivity index (χ0n) is 14.2. The van der Waals surface area contributed by atoms with Crippen LogP contribution in [0.5, 0.6) is 0 Å². The van der Waals surface area contributed by atoms with Gasteiger partial charge in [-0.25, -0.2) is 4.79 Å². The average Bonchev–Trinajstić information content (AvgIpc) is 2.52. The number of carbonyl (C=O) groups is 1. The van der Waals surface area contributed by atoms with Crippen LogP contribution in [0.2, 0.25) is 0 Å². The molecule has 2 aromatic rings. The van der Waals surface area contributed by atoms with E-state index in [0.717, 1.165) is 10.8 Å². The second kappa shape index (κ2) is 7.90. The highest BCUT2D eigenvalue weighted by Gasteiger charge is 2.27. The summed E-state index contributed by atoms with van der Waals surface area (Å²) >= 11 is 9.12. The highest BCUT2D eigenvalue weighted by molar-refractivity contribution is 9.09. The third-order valence-corrected chi connectivity index (χ3v) is 4.16. The maximum atomic E-state index is 12.7. The van der Waals surface area contributed by atoms with Crippen LogP contribution in [0.1, 0.15) is 26.3 Å². The molecule has 0 saturated heterocycles. The Kier molecular flexibility index (Phi) is 6.10. The molecule has 0 radical (unpaired) electrons. The Labute approximate surface area is 160 Å². The van der Waals surface area contributed by atoms with E-state index in [1.165, 1.54) is 10.4 Å². The van der Waals surface area contributed by atoms with Gasteiger partial charge in [0, 0.05) is 11.2 Å². The third kappa shape index (κ3) is 4.97. The summed E-state index contributed by atoms with van der Waals surface area (Å²) < 4.78 is 5.51. The second-order valence-corrected chi connectivity index (χ2v) is 7.59. The number of amides is 1. The van der Waals surface area contributed by atoms with Crippen molar-refractivity contribution in [3.63, 3.8) is 0 Å². The first-order valence-corrected chi connectivity index (χ1v) is 8.97. The van der Waals surface area contributed by atoms with Crippen molar-refractivity contribution < 1.29 is 9.53 Å². The minimum absolute atomic E-state index is 0.476. The Morgan fingerprint density at radius 2 is 1.96 bits per heavy atom. The van der Waals surface area contributed by atoms with Crippen LogP contribution in [-0.2, 0) is 4.74 Å². The van der Waals surface area contributed by atoms with Crippen molar-refractivity contribution in [1.29, 1.82) is 5.26 Å². The summed E-state index contributed by atoms with van der Waals surface area (Å²) in [7, 11) is 0. The molecule has 0 fully saturated rings. The van der Waals surface area contributed by atoms with E-state index in [0.29, 0.717) is 11.3 Å². The number of halogens is 2. The lowest BCUT2D eigenvalue weighted by Crippen LogP contribution is -2.40. The van der Waals surface area contributed by atoms with Gasteiger partial charge in [0.05, 0.1) is 11.6 Å². The van der Waals surface area contributed by atoms with Crippen LogP contribution in [0.4, 0.5) is 10.5 Å². The quantitative estimate of drug-likeness (QED) is 0.456. The van der Waals surface area contributed by atoms with Crippen molar-refractivity contribution >= 4 is 50.1 Å². The van der Waals surface area contributed by atoms with E-state index in [9.17, 15) is 4.79 Å². The summed E-state index contributed by atoms with van der Waals surface area (Å²) in [5.41, 5.74) is 1.90. The van der Waals surface area contributed by atoms with Gasteiger partial charge in [-0.1, -0.05) is 39.7 Å². The molecule has 0 heterocycles. The molecule has 0 spiro atoms. The molecule has 1 atom stereocenters. The van der Waals surface area contributed by atoms with Crippen LogP contribution < -0.4 is 4.90 Å². The fraction of sp³-hybridized carbons (Fsp3) is 0.263. The number of anilines is 1. The number of hydrogen-bond acceptors (Lipinski definition) is 3. The maximum absolute atomic E-state index is 12.7. The van der Waals surface area contributed by atoms with Crippen molar-refractivity contribution in [2.45, 2.75) is 31.3 Å². The van der Waals surface area contributed by atoms with Crippen molar-refractivity contribution in [2.24, 2.45) is 0 Å². The Balaban J connectivity index is 2.51. The molecule has 4 nitrogen and oxygen atoms in total. The lowest BCUT2D eigenvalue weighted by atomic mass is 10.1. The van der Waals surface area contributed by atoms with Crippen LogP contribution in [0.3, 0.4) is 0 Å². The predicted molar refractivity (Wildman–Crippen MR) is 105 cm³/mol. The molecule has 0 N–H and O–H groups in total. The molecule has 0 aromatic heterocycles. The zero-order chi connectivity index (χ0) is 18.6. The van der Waals surface area contributed by atoms with Gasteiger partial charge in [0.25, 0.3) is 0 Å². The summed E-state index contributed by atoms with van der Waals surface area (Å²) in [6.07, 6.45) is 1.13. The molecule has 0 aliphatic rings. The van der Waals surface area contributed by atoms with Gasteiger partial charge >= 0.3 is 6.09 Å². The molecule has 25 heavy (non-hydrogen) atoms. The Hall–Kier alpha value is -2.03. The molecular formula is C19H18BrClN2O2. The van der Waals surface area contributed by atoms with Crippen molar-refractivity contribution in [3.8, 4) is 6.07 Å². The molecule has 6 heteroatoms. The largest absolute Gasteiger partial charge is 0.443 e. The highest BCUT2D eigenvalue weighted by atomic mass is 79.9. The number of rotatable bonds is 3. The van der Waals surface area contributed by atoms with Gasteiger partial charge in [-0.3, -0.25) is 4.90 Å². The molecule has 2 rings (SSSR count). The van der Waals surface area contributed by atoms with Crippen LogP contribution >= 0.6 is 27.5 Å². The summed E-state index contributed by atoms with van der Waals surface area (Å²) in [6.45, 7) is 5.43. The fourth-order valence-electron chi connectivity index (χ4n) is 2.26. The maximum Gasteiger partial charge on any atom is 0.416 e. The monoisotopic (exact) mass is 420 g/mol. The number of carbonyl (C=O) groups excluding carboxylic acids is 1. The van der Waals surface area contributed by atoms with Gasteiger partial charge in [-0.05, 0) is 61.9 Å². The molecule has 1 unspecified atom stereocenters. The first kappa shape index (κ1) is 19.3. The molecular weight excluding hydrogens is 404 g/mol. The number of nitriles is 1. The van der Waals surface area contributed by atoms with Crippen molar-refractivity contribution in [2.75, 3.05) is 4.90 Å². The molecule has 0 aliphatic carbocycles. The number of ether oxygens (including phenoxy) is 1. The van der Waals surface area contributed by atoms with Crippen LogP contribution in [-0.4, -0.2) is 16.6 Å². The standard InChI is InChI=1S/C19H18BrClN2O2/c1-19(2,3)25-18(24)23(17(20)8-9-21)16-7-6-14-5-4-13(12-22)10-15(14)11-16/h4-11,17H,1-3H3. The van der Waals surface area contributed by atoms with E-state index in [1.807, 2.05) is 45.0 Å². The lowest BCUT2D eigenvalue weighted by Gasteiger charge is -2.29. The van der Waals surface area contributed by atoms with Gasteiger partial charge < -0.3 is 4.74 Å². The topological polar surface area (TPSA) is 53.3 Å². The summed E-state index contributed by atoms with van der Waals surface area (Å²) in [5.74, 6) is 0. The van der Waals surface area contributed by atoms with E-state index in [4.69, 9.17) is 21.6 Å². The molecule has 130 valence electrons. The Bertz CT molecular complexity index is 853. The first-order chi connectivity index (χ1) is 11.7. The second-order valence-electron chi connectivity index (χ2n) is 6.40. The fourth-order valence-corrected chi connectivity index (χ4v) is 3.13.